The number of aliphatic carboxylic acids is 1. The molecule has 0 saturated carbocycles. The van der Waals surface area contributed by atoms with E-state index in [0.717, 1.165) is 10.6 Å². The molecule has 2 aromatic rings. The van der Waals surface area contributed by atoms with Gasteiger partial charge in [0.15, 0.2) is 0 Å². The highest BCUT2D eigenvalue weighted by Crippen LogP contribution is 2.23. The van der Waals surface area contributed by atoms with Gasteiger partial charge >= 0.3 is 5.97 Å². The molecule has 0 aromatic carbocycles. The molecule has 2 heterocycles. The number of rotatable bonds is 7. The fourth-order valence-corrected chi connectivity index (χ4v) is 2.41. The van der Waals surface area contributed by atoms with Crippen molar-refractivity contribution in [3.8, 4) is 10.6 Å². The molecule has 0 aliphatic rings. The van der Waals surface area contributed by atoms with Gasteiger partial charge in [0, 0.05) is 23.9 Å². The van der Waals surface area contributed by atoms with E-state index in [1.54, 1.807) is 12.5 Å². The average molecular weight is 294 g/mol. The summed E-state index contributed by atoms with van der Waals surface area (Å²) < 4.78 is 4.98. The van der Waals surface area contributed by atoms with E-state index in [1.807, 2.05) is 11.4 Å². The van der Waals surface area contributed by atoms with Crippen LogP contribution in [0.15, 0.2) is 28.4 Å². The van der Waals surface area contributed by atoms with Gasteiger partial charge in [-0.2, -0.15) is 0 Å². The molecule has 0 saturated heterocycles. The average Bonchev–Trinajstić information content (AvgIpc) is 3.04. The minimum Gasteiger partial charge on any atom is -0.481 e. The number of aromatic nitrogens is 1. The van der Waals surface area contributed by atoms with Gasteiger partial charge in [-0.05, 0) is 12.5 Å². The summed E-state index contributed by atoms with van der Waals surface area (Å²) in [5.74, 6) is -1.01. The molecule has 0 aliphatic carbocycles. The van der Waals surface area contributed by atoms with Gasteiger partial charge < -0.3 is 14.8 Å². The second kappa shape index (κ2) is 6.85. The lowest BCUT2D eigenvalue weighted by molar-refractivity contribution is -0.137. The monoisotopic (exact) mass is 294 g/mol. The van der Waals surface area contributed by atoms with E-state index in [-0.39, 0.29) is 18.7 Å². The Labute approximate surface area is 119 Å². The smallest absolute Gasteiger partial charge is 0.303 e. The molecular formula is C13H14N2O4S. The second-order valence-electron chi connectivity index (χ2n) is 4.18. The lowest BCUT2D eigenvalue weighted by Gasteiger charge is -2.02. The van der Waals surface area contributed by atoms with Crippen LogP contribution < -0.4 is 5.32 Å². The summed E-state index contributed by atoms with van der Waals surface area (Å²) in [5, 5.41) is 13.8. The van der Waals surface area contributed by atoms with E-state index >= 15 is 0 Å². The maximum Gasteiger partial charge on any atom is 0.303 e. The number of hydrogen-bond donors (Lipinski definition) is 2. The Kier molecular flexibility index (Phi) is 4.89. The Hall–Kier alpha value is -2.15. The standard InChI is InChI=1S/C13H14N2O4S/c16-11(14-4-1-2-12(17)18)6-10-8-20-13(15-10)9-3-5-19-7-9/h3,5,7-8H,1-2,4,6H2,(H,14,16)(H,17,18). The van der Waals surface area contributed by atoms with E-state index < -0.39 is 5.97 Å². The van der Waals surface area contributed by atoms with Gasteiger partial charge in [0.2, 0.25) is 5.91 Å². The van der Waals surface area contributed by atoms with Crippen molar-refractivity contribution < 1.29 is 19.1 Å². The molecule has 106 valence electrons. The third-order valence-electron chi connectivity index (χ3n) is 2.55. The maximum atomic E-state index is 11.6. The SMILES string of the molecule is O=C(O)CCCNC(=O)Cc1csc(-c2ccoc2)n1. The van der Waals surface area contributed by atoms with Crippen LogP contribution >= 0.6 is 11.3 Å². The van der Waals surface area contributed by atoms with Gasteiger partial charge in [0.1, 0.15) is 11.3 Å². The van der Waals surface area contributed by atoms with Crippen LogP contribution in [0.5, 0.6) is 0 Å². The largest absolute Gasteiger partial charge is 0.481 e. The zero-order valence-corrected chi connectivity index (χ0v) is 11.5. The van der Waals surface area contributed by atoms with Crippen LogP contribution in [0.2, 0.25) is 0 Å². The van der Waals surface area contributed by atoms with E-state index in [1.165, 1.54) is 11.3 Å². The van der Waals surface area contributed by atoms with Crippen LogP contribution in [-0.2, 0) is 16.0 Å². The van der Waals surface area contributed by atoms with E-state index in [4.69, 9.17) is 9.52 Å². The van der Waals surface area contributed by atoms with E-state index in [2.05, 4.69) is 10.3 Å². The van der Waals surface area contributed by atoms with Gasteiger partial charge in [-0.1, -0.05) is 0 Å². The first-order chi connectivity index (χ1) is 9.65. The topological polar surface area (TPSA) is 92.4 Å². The third kappa shape index (κ3) is 4.20. The fraction of sp³-hybridized carbons (Fsp3) is 0.308. The highest BCUT2D eigenvalue weighted by atomic mass is 32.1. The quantitative estimate of drug-likeness (QED) is 0.761. The molecule has 20 heavy (non-hydrogen) atoms. The van der Waals surface area contributed by atoms with Gasteiger partial charge in [-0.15, -0.1) is 11.3 Å². The summed E-state index contributed by atoms with van der Waals surface area (Å²) in [7, 11) is 0. The third-order valence-corrected chi connectivity index (χ3v) is 3.49. The van der Waals surface area contributed by atoms with Crippen LogP contribution in [0.1, 0.15) is 18.5 Å². The van der Waals surface area contributed by atoms with E-state index in [0.29, 0.717) is 18.7 Å². The van der Waals surface area contributed by atoms with Crippen molar-refractivity contribution in [1.29, 1.82) is 0 Å². The van der Waals surface area contributed by atoms with Gasteiger partial charge in [0.05, 0.1) is 18.4 Å². The fourth-order valence-electron chi connectivity index (χ4n) is 1.60. The van der Waals surface area contributed by atoms with Crippen molar-refractivity contribution >= 4 is 23.2 Å². The number of carbonyl (C=O) groups is 2. The lowest BCUT2D eigenvalue weighted by atomic mass is 10.3. The summed E-state index contributed by atoms with van der Waals surface area (Å²) in [4.78, 5) is 26.3. The van der Waals surface area contributed by atoms with Crippen molar-refractivity contribution in [3.05, 3.63) is 29.7 Å². The first-order valence-electron chi connectivity index (χ1n) is 6.10. The van der Waals surface area contributed by atoms with Crippen molar-refractivity contribution in [3.63, 3.8) is 0 Å². The number of carbonyl (C=O) groups excluding carboxylic acids is 1. The van der Waals surface area contributed by atoms with Crippen molar-refractivity contribution in [1.82, 2.24) is 10.3 Å². The number of carboxylic acid groups (broad SMARTS) is 1. The Morgan fingerprint density at radius 2 is 2.30 bits per heavy atom. The van der Waals surface area contributed by atoms with Crippen LogP contribution in [0.3, 0.4) is 0 Å². The zero-order chi connectivity index (χ0) is 14.4. The highest BCUT2D eigenvalue weighted by Gasteiger charge is 2.09. The normalized spacial score (nSPS) is 10.4. The molecule has 0 radical (unpaired) electrons. The minimum absolute atomic E-state index is 0.0572. The summed E-state index contributed by atoms with van der Waals surface area (Å²) in [5.41, 5.74) is 1.59. The van der Waals surface area contributed by atoms with Crippen LogP contribution in [0.25, 0.3) is 10.6 Å². The highest BCUT2D eigenvalue weighted by molar-refractivity contribution is 7.13. The molecule has 7 heteroatoms. The molecule has 0 atom stereocenters. The zero-order valence-electron chi connectivity index (χ0n) is 10.7. The first kappa shape index (κ1) is 14.3. The number of hydrogen-bond acceptors (Lipinski definition) is 5. The van der Waals surface area contributed by atoms with Gasteiger partial charge in [-0.3, -0.25) is 9.59 Å². The Morgan fingerprint density at radius 3 is 3.00 bits per heavy atom. The summed E-state index contributed by atoms with van der Waals surface area (Å²) in [6.07, 6.45) is 3.86. The van der Waals surface area contributed by atoms with Crippen molar-refractivity contribution in [2.75, 3.05) is 6.54 Å². The Bertz CT molecular complexity index is 577. The van der Waals surface area contributed by atoms with Gasteiger partial charge in [-0.25, -0.2) is 4.98 Å². The second-order valence-corrected chi connectivity index (χ2v) is 5.04. The minimum atomic E-state index is -0.858. The summed E-state index contributed by atoms with van der Waals surface area (Å²) in [6.45, 7) is 0.365. The number of thiazole rings is 1. The number of furan rings is 1. The number of amides is 1. The molecule has 0 spiro atoms. The molecule has 0 unspecified atom stereocenters. The Balaban J connectivity index is 1.78. The number of nitrogens with zero attached hydrogens (tertiary/aromatic N) is 1. The lowest BCUT2D eigenvalue weighted by Crippen LogP contribution is -2.26. The van der Waals surface area contributed by atoms with Crippen LogP contribution in [0.4, 0.5) is 0 Å². The molecule has 2 aromatic heterocycles. The van der Waals surface area contributed by atoms with Crippen molar-refractivity contribution in [2.24, 2.45) is 0 Å². The first-order valence-corrected chi connectivity index (χ1v) is 6.98. The van der Waals surface area contributed by atoms with E-state index in [9.17, 15) is 9.59 Å². The van der Waals surface area contributed by atoms with Crippen LogP contribution in [-0.4, -0.2) is 28.5 Å². The molecule has 0 bridgehead atoms. The van der Waals surface area contributed by atoms with Gasteiger partial charge in [0.25, 0.3) is 0 Å². The molecule has 1 amide bonds. The predicted octanol–water partition coefficient (Wildman–Crippen LogP) is 1.93. The van der Waals surface area contributed by atoms with Crippen molar-refractivity contribution in [2.45, 2.75) is 19.3 Å². The number of carboxylic acids is 1. The molecule has 0 fully saturated rings. The molecule has 2 rings (SSSR count). The molecule has 2 N–H and O–H groups in total. The molecule has 0 aliphatic heterocycles. The van der Waals surface area contributed by atoms with Crippen LogP contribution in [0, 0.1) is 0 Å². The Morgan fingerprint density at radius 1 is 1.45 bits per heavy atom. The summed E-state index contributed by atoms with van der Waals surface area (Å²) >= 11 is 1.45. The molecular weight excluding hydrogens is 280 g/mol. The maximum absolute atomic E-state index is 11.6. The number of nitrogens with one attached hydrogen (secondary N) is 1. The molecule has 6 nitrogen and oxygen atoms in total. The summed E-state index contributed by atoms with van der Waals surface area (Å²) in [6, 6.07) is 1.81. The predicted molar refractivity (Wildman–Crippen MR) is 73.4 cm³/mol.